The minimum Gasteiger partial charge on any atom is -0.507 e. The molecule has 0 spiro atoms. The molecule has 0 fully saturated rings. The molecule has 1 aliphatic carbocycles. The number of halogens is 1. The van der Waals surface area contributed by atoms with Gasteiger partial charge in [-0.3, -0.25) is 9.59 Å². The summed E-state index contributed by atoms with van der Waals surface area (Å²) in [6.07, 6.45) is 0. The first-order valence-corrected chi connectivity index (χ1v) is 6.52. The lowest BCUT2D eigenvalue weighted by molar-refractivity contribution is 0.0971. The number of rotatable bonds is 0. The van der Waals surface area contributed by atoms with Crippen LogP contribution in [0.1, 0.15) is 37.4 Å². The summed E-state index contributed by atoms with van der Waals surface area (Å²) in [7, 11) is 0. The van der Waals surface area contributed by atoms with Gasteiger partial charge in [0.15, 0.2) is 5.78 Å². The molecule has 6 nitrogen and oxygen atoms in total. The van der Waals surface area contributed by atoms with Crippen LogP contribution in [-0.4, -0.2) is 32.0 Å². The molecule has 0 radical (unpaired) electrons. The molecule has 0 saturated heterocycles. The fourth-order valence-electron chi connectivity index (χ4n) is 2.54. The number of fused-ring (bicyclic) bond motifs is 2. The van der Waals surface area contributed by atoms with Crippen molar-refractivity contribution in [1.82, 2.24) is 0 Å². The summed E-state index contributed by atoms with van der Waals surface area (Å²) in [6, 6.07) is 2.09. The van der Waals surface area contributed by atoms with Crippen molar-refractivity contribution in [2.24, 2.45) is 0 Å². The van der Waals surface area contributed by atoms with Crippen molar-refractivity contribution in [1.29, 1.82) is 0 Å². The van der Waals surface area contributed by atoms with Crippen LogP contribution in [0.5, 0.6) is 23.0 Å². The zero-order valence-corrected chi connectivity index (χ0v) is 11.9. The maximum absolute atomic E-state index is 12.5. The average Bonchev–Trinajstić information content (AvgIpc) is 2.45. The summed E-state index contributed by atoms with van der Waals surface area (Å²) in [5, 5.41) is 39.1. The Bertz CT molecular complexity index is 881. The molecule has 0 saturated carbocycles. The van der Waals surface area contributed by atoms with Gasteiger partial charge in [0.05, 0.1) is 16.7 Å². The maximum atomic E-state index is 12.5. The molecule has 4 N–H and O–H groups in total. The van der Waals surface area contributed by atoms with Crippen molar-refractivity contribution >= 4 is 23.2 Å². The molecule has 2 aromatic carbocycles. The predicted octanol–water partition coefficient (Wildman–Crippen LogP) is 2.25. The number of phenolic OH excluding ortho intramolecular Hbond substituents is 4. The molecule has 0 aliphatic heterocycles. The number of benzene rings is 2. The van der Waals surface area contributed by atoms with E-state index in [2.05, 4.69) is 0 Å². The van der Waals surface area contributed by atoms with Gasteiger partial charge < -0.3 is 20.4 Å². The highest BCUT2D eigenvalue weighted by atomic mass is 35.5. The quantitative estimate of drug-likeness (QED) is 0.472. The summed E-state index contributed by atoms with van der Waals surface area (Å²) in [4.78, 5) is 25.0. The van der Waals surface area contributed by atoms with E-state index in [9.17, 15) is 30.0 Å². The van der Waals surface area contributed by atoms with E-state index in [1.807, 2.05) is 0 Å². The zero-order valence-electron chi connectivity index (χ0n) is 11.1. The molecular formula is C15H9ClO6. The summed E-state index contributed by atoms with van der Waals surface area (Å²) < 4.78 is 0. The lowest BCUT2D eigenvalue weighted by atomic mass is 9.81. The smallest absolute Gasteiger partial charge is 0.202 e. The van der Waals surface area contributed by atoms with Crippen molar-refractivity contribution < 1.29 is 30.0 Å². The normalized spacial score (nSPS) is 13.0. The zero-order chi connectivity index (χ0) is 16.3. The van der Waals surface area contributed by atoms with Crippen molar-refractivity contribution in [2.45, 2.75) is 6.92 Å². The molecule has 0 amide bonds. The number of phenols is 4. The van der Waals surface area contributed by atoms with Gasteiger partial charge in [0, 0.05) is 5.56 Å². The topological polar surface area (TPSA) is 115 Å². The molecule has 2 aromatic rings. The van der Waals surface area contributed by atoms with E-state index in [0.29, 0.717) is 0 Å². The highest BCUT2D eigenvalue weighted by molar-refractivity contribution is 6.37. The molecule has 3 rings (SSSR count). The number of carbonyl (C=O) groups is 2. The largest absolute Gasteiger partial charge is 0.507 e. The summed E-state index contributed by atoms with van der Waals surface area (Å²) in [5.41, 5.74) is -1.27. The fraction of sp³-hybridized carbons (Fsp3) is 0.0667. The average molecular weight is 321 g/mol. The standard InChI is InChI=1S/C15H9ClO6/c1-4-2-6(17)9-10(12(4)19)13(20)5-3-7(18)11(16)15(22)8(5)14(9)21/h2-3,17-19,22H,1H3. The first-order chi connectivity index (χ1) is 10.3. The molecule has 0 bridgehead atoms. The lowest BCUT2D eigenvalue weighted by Crippen LogP contribution is -2.22. The highest BCUT2D eigenvalue weighted by Gasteiger charge is 2.38. The number of aromatic hydroxyl groups is 4. The van der Waals surface area contributed by atoms with Crippen molar-refractivity contribution in [3.8, 4) is 23.0 Å². The van der Waals surface area contributed by atoms with E-state index >= 15 is 0 Å². The Morgan fingerprint density at radius 2 is 1.45 bits per heavy atom. The van der Waals surface area contributed by atoms with Crippen molar-refractivity contribution in [2.75, 3.05) is 0 Å². The minimum atomic E-state index is -0.864. The van der Waals surface area contributed by atoms with Gasteiger partial charge in [0.2, 0.25) is 5.78 Å². The molecule has 0 aromatic heterocycles. The van der Waals surface area contributed by atoms with Gasteiger partial charge in [-0.15, -0.1) is 0 Å². The van der Waals surface area contributed by atoms with Crippen LogP contribution in [0.4, 0.5) is 0 Å². The fourth-order valence-corrected chi connectivity index (χ4v) is 2.69. The Morgan fingerprint density at radius 3 is 2.09 bits per heavy atom. The van der Waals surface area contributed by atoms with Gasteiger partial charge in [-0.25, -0.2) is 0 Å². The molecule has 0 atom stereocenters. The Hall–Kier alpha value is -2.73. The maximum Gasteiger partial charge on any atom is 0.202 e. The van der Waals surface area contributed by atoms with Gasteiger partial charge in [-0.1, -0.05) is 11.6 Å². The molecule has 112 valence electrons. The third kappa shape index (κ3) is 1.61. The number of carbonyl (C=O) groups excluding carboxylic acids is 2. The summed E-state index contributed by atoms with van der Waals surface area (Å²) >= 11 is 5.68. The van der Waals surface area contributed by atoms with Crippen LogP contribution in [-0.2, 0) is 0 Å². The van der Waals surface area contributed by atoms with E-state index in [-0.39, 0.29) is 16.7 Å². The van der Waals surface area contributed by atoms with Crippen LogP contribution in [0.25, 0.3) is 0 Å². The Balaban J connectivity index is 2.46. The van der Waals surface area contributed by atoms with E-state index < -0.39 is 50.7 Å². The van der Waals surface area contributed by atoms with E-state index in [0.717, 1.165) is 12.1 Å². The first kappa shape index (κ1) is 14.2. The van der Waals surface area contributed by atoms with Gasteiger partial charge in [-0.05, 0) is 24.6 Å². The van der Waals surface area contributed by atoms with Crippen LogP contribution in [0, 0.1) is 6.92 Å². The number of ketones is 2. The number of hydrogen-bond acceptors (Lipinski definition) is 6. The monoisotopic (exact) mass is 320 g/mol. The van der Waals surface area contributed by atoms with E-state index in [4.69, 9.17) is 11.6 Å². The third-order valence-electron chi connectivity index (χ3n) is 3.62. The first-order valence-electron chi connectivity index (χ1n) is 6.15. The minimum absolute atomic E-state index is 0.211. The Labute approximate surface area is 128 Å². The molecule has 7 heteroatoms. The second-order valence-electron chi connectivity index (χ2n) is 4.95. The Morgan fingerprint density at radius 1 is 0.818 bits per heavy atom. The highest BCUT2D eigenvalue weighted by Crippen LogP contribution is 2.46. The van der Waals surface area contributed by atoms with Gasteiger partial charge >= 0.3 is 0 Å². The second-order valence-corrected chi connectivity index (χ2v) is 5.33. The molecule has 0 heterocycles. The van der Waals surface area contributed by atoms with Gasteiger partial charge in [-0.2, -0.15) is 0 Å². The van der Waals surface area contributed by atoms with Crippen LogP contribution in [0.2, 0.25) is 5.02 Å². The summed E-state index contributed by atoms with van der Waals surface area (Å²) in [6.45, 7) is 1.46. The van der Waals surface area contributed by atoms with Crippen LogP contribution in [0.3, 0.4) is 0 Å². The number of hydrogen-bond donors (Lipinski definition) is 4. The third-order valence-corrected chi connectivity index (χ3v) is 3.99. The lowest BCUT2D eigenvalue weighted by Gasteiger charge is -2.21. The molecule has 0 unspecified atom stereocenters. The van der Waals surface area contributed by atoms with Crippen LogP contribution in [0.15, 0.2) is 12.1 Å². The van der Waals surface area contributed by atoms with Crippen molar-refractivity contribution in [3.05, 3.63) is 45.0 Å². The van der Waals surface area contributed by atoms with Crippen molar-refractivity contribution in [3.63, 3.8) is 0 Å². The van der Waals surface area contributed by atoms with Crippen LogP contribution >= 0.6 is 11.6 Å². The van der Waals surface area contributed by atoms with Gasteiger partial charge in [0.1, 0.15) is 28.0 Å². The Kier molecular flexibility index (Phi) is 2.83. The van der Waals surface area contributed by atoms with Gasteiger partial charge in [0.25, 0.3) is 0 Å². The number of aryl methyl sites for hydroxylation is 1. The SMILES string of the molecule is Cc1cc(O)c2c(c1O)C(=O)c1cc(O)c(Cl)c(O)c1C2=O. The molecule has 1 aliphatic rings. The summed E-state index contributed by atoms with van der Waals surface area (Å²) in [5.74, 6) is -3.91. The van der Waals surface area contributed by atoms with E-state index in [1.165, 1.54) is 6.92 Å². The molecule has 22 heavy (non-hydrogen) atoms. The predicted molar refractivity (Wildman–Crippen MR) is 76.2 cm³/mol. The van der Waals surface area contributed by atoms with E-state index in [1.54, 1.807) is 0 Å². The van der Waals surface area contributed by atoms with Crippen LogP contribution < -0.4 is 0 Å². The second kappa shape index (κ2) is 4.38. The molecular weight excluding hydrogens is 312 g/mol.